The monoisotopic (exact) mass is 269 g/mol. The molecule has 2 nitrogen and oxygen atoms in total. The lowest BCUT2D eigenvalue weighted by molar-refractivity contribution is -0.0387. The van der Waals surface area contributed by atoms with Crippen molar-refractivity contribution >= 4 is 22.6 Å². The summed E-state index contributed by atoms with van der Waals surface area (Å²) in [5.74, 6) is 0. The van der Waals surface area contributed by atoms with Gasteiger partial charge in [-0.3, -0.25) is 4.90 Å². The first-order valence-corrected chi connectivity index (χ1v) is 5.56. The van der Waals surface area contributed by atoms with Gasteiger partial charge in [-0.15, -0.1) is 0 Å². The van der Waals surface area contributed by atoms with Crippen molar-refractivity contribution in [1.82, 2.24) is 4.90 Å². The van der Waals surface area contributed by atoms with Crippen LogP contribution in [0.4, 0.5) is 0 Å². The predicted molar refractivity (Wildman–Crippen MR) is 55.1 cm³/mol. The minimum Gasteiger partial charge on any atom is -0.378 e. The van der Waals surface area contributed by atoms with Crippen LogP contribution in [-0.4, -0.2) is 35.3 Å². The number of piperidine rings is 1. The molecule has 1 aliphatic rings. The van der Waals surface area contributed by atoms with Crippen molar-refractivity contribution in [3.8, 4) is 0 Å². The van der Waals surface area contributed by atoms with E-state index in [9.17, 15) is 0 Å². The number of halogens is 1. The molecule has 0 radical (unpaired) electrons. The zero-order valence-electron chi connectivity index (χ0n) is 7.27. The number of nitrogens with zero attached hydrogens (tertiary/aromatic N) is 1. The van der Waals surface area contributed by atoms with Crippen LogP contribution in [0.1, 0.15) is 19.8 Å². The highest BCUT2D eigenvalue weighted by atomic mass is 127. The van der Waals surface area contributed by atoms with Crippen molar-refractivity contribution in [3.63, 3.8) is 0 Å². The molecule has 0 N–H and O–H groups in total. The second-order valence-corrected chi connectivity index (χ2v) is 4.07. The smallest absolute Gasteiger partial charge is 0.0675 e. The van der Waals surface area contributed by atoms with Gasteiger partial charge in [-0.2, -0.15) is 0 Å². The van der Waals surface area contributed by atoms with Gasteiger partial charge in [0.25, 0.3) is 0 Å². The van der Waals surface area contributed by atoms with Gasteiger partial charge in [-0.05, 0) is 19.8 Å². The van der Waals surface area contributed by atoms with E-state index in [1.165, 1.54) is 25.9 Å². The van der Waals surface area contributed by atoms with Crippen molar-refractivity contribution in [2.45, 2.75) is 25.4 Å². The number of methoxy groups -OCH3 is 1. The lowest BCUT2D eigenvalue weighted by atomic mass is 9.94. The number of hydrogen-bond donors (Lipinski definition) is 0. The molecule has 0 aliphatic carbocycles. The molecule has 1 heterocycles. The summed E-state index contributed by atoms with van der Waals surface area (Å²) >= 11 is 2.42. The molecule has 0 saturated carbocycles. The summed E-state index contributed by atoms with van der Waals surface area (Å²) in [5.41, 5.74) is 0.155. The normalized spacial score (nSPS) is 25.4. The van der Waals surface area contributed by atoms with Crippen LogP contribution in [0, 0.1) is 0 Å². The molecule has 0 bridgehead atoms. The fraction of sp³-hybridized carbons (Fsp3) is 1.00. The minimum absolute atomic E-state index is 0.155. The van der Waals surface area contributed by atoms with Crippen LogP contribution in [0.3, 0.4) is 0 Å². The lowest BCUT2D eigenvalue weighted by Gasteiger charge is -2.37. The maximum absolute atomic E-state index is 5.44. The van der Waals surface area contributed by atoms with E-state index in [4.69, 9.17) is 4.74 Å². The highest BCUT2D eigenvalue weighted by Gasteiger charge is 2.28. The van der Waals surface area contributed by atoms with Crippen molar-refractivity contribution < 1.29 is 4.74 Å². The van der Waals surface area contributed by atoms with E-state index in [1.807, 2.05) is 7.11 Å². The molecule has 1 saturated heterocycles. The molecule has 0 aromatic rings. The van der Waals surface area contributed by atoms with Crippen molar-refractivity contribution in [3.05, 3.63) is 0 Å². The molecule has 0 atom stereocenters. The summed E-state index contributed by atoms with van der Waals surface area (Å²) in [6, 6.07) is 0. The fourth-order valence-electron chi connectivity index (χ4n) is 1.35. The molecule has 3 heteroatoms. The molecule has 1 fully saturated rings. The third-order valence-corrected chi connectivity index (χ3v) is 3.54. The summed E-state index contributed by atoms with van der Waals surface area (Å²) in [7, 11) is 1.82. The molecule has 0 unspecified atom stereocenters. The maximum Gasteiger partial charge on any atom is 0.0675 e. The molecule has 1 aliphatic heterocycles. The molecule has 1 rings (SSSR count). The Morgan fingerprint density at radius 2 is 2.00 bits per heavy atom. The van der Waals surface area contributed by atoms with E-state index >= 15 is 0 Å². The van der Waals surface area contributed by atoms with Crippen LogP contribution < -0.4 is 0 Å². The second kappa shape index (κ2) is 4.05. The first-order chi connectivity index (χ1) is 5.20. The Kier molecular flexibility index (Phi) is 3.58. The molecule has 0 aromatic carbocycles. The van der Waals surface area contributed by atoms with Gasteiger partial charge in [0, 0.05) is 20.2 Å². The average molecular weight is 269 g/mol. The van der Waals surface area contributed by atoms with Crippen LogP contribution in [0.5, 0.6) is 0 Å². The van der Waals surface area contributed by atoms with Crippen molar-refractivity contribution in [2.75, 3.05) is 24.8 Å². The Labute approximate surface area is 82.4 Å². The number of alkyl halides is 1. The van der Waals surface area contributed by atoms with E-state index < -0.39 is 0 Å². The number of likely N-dealkylation sites (tertiary alicyclic amines) is 1. The van der Waals surface area contributed by atoms with Gasteiger partial charge in [0.15, 0.2) is 0 Å². The highest BCUT2D eigenvalue weighted by Crippen LogP contribution is 2.24. The van der Waals surface area contributed by atoms with Gasteiger partial charge in [-0.1, -0.05) is 22.6 Å². The standard InChI is InChI=1S/C8H16INO/c1-8(11-2)3-5-10(7-9)6-4-8/h3-7H2,1-2H3. The molecule has 0 amide bonds. The molecule has 0 spiro atoms. The van der Waals surface area contributed by atoms with E-state index in [2.05, 4.69) is 34.4 Å². The Hall–Kier alpha value is 0.650. The molecule has 0 aromatic heterocycles. The Bertz CT molecular complexity index is 121. The number of ether oxygens (including phenoxy) is 1. The minimum atomic E-state index is 0.155. The van der Waals surface area contributed by atoms with E-state index in [0.717, 1.165) is 4.55 Å². The van der Waals surface area contributed by atoms with E-state index in [1.54, 1.807) is 0 Å². The van der Waals surface area contributed by atoms with Crippen LogP contribution >= 0.6 is 22.6 Å². The predicted octanol–water partition coefficient (Wildman–Crippen LogP) is 1.88. The molecule has 66 valence electrons. The third-order valence-electron chi connectivity index (χ3n) is 2.58. The first-order valence-electron chi connectivity index (χ1n) is 4.04. The zero-order valence-corrected chi connectivity index (χ0v) is 9.43. The number of hydrogen-bond acceptors (Lipinski definition) is 2. The largest absolute Gasteiger partial charge is 0.378 e. The summed E-state index contributed by atoms with van der Waals surface area (Å²) < 4.78 is 6.59. The second-order valence-electron chi connectivity index (χ2n) is 3.39. The lowest BCUT2D eigenvalue weighted by Crippen LogP contribution is -2.42. The molecular formula is C8H16INO. The van der Waals surface area contributed by atoms with Crippen LogP contribution in [0.15, 0.2) is 0 Å². The van der Waals surface area contributed by atoms with Crippen molar-refractivity contribution in [1.29, 1.82) is 0 Å². The summed E-state index contributed by atoms with van der Waals surface area (Å²) in [6.45, 7) is 4.58. The average Bonchev–Trinajstić information content (AvgIpc) is 2.06. The van der Waals surface area contributed by atoms with Crippen LogP contribution in [0.2, 0.25) is 0 Å². The Balaban J connectivity index is 2.35. The number of rotatable bonds is 2. The summed E-state index contributed by atoms with van der Waals surface area (Å²) in [6.07, 6.45) is 2.35. The third kappa shape index (κ3) is 2.56. The van der Waals surface area contributed by atoms with E-state index in [0.29, 0.717) is 0 Å². The van der Waals surface area contributed by atoms with Crippen molar-refractivity contribution in [2.24, 2.45) is 0 Å². The van der Waals surface area contributed by atoms with Gasteiger partial charge in [-0.25, -0.2) is 0 Å². The first kappa shape index (κ1) is 9.74. The van der Waals surface area contributed by atoms with Gasteiger partial charge >= 0.3 is 0 Å². The van der Waals surface area contributed by atoms with Gasteiger partial charge in [0.2, 0.25) is 0 Å². The van der Waals surface area contributed by atoms with Gasteiger partial charge < -0.3 is 4.74 Å². The fourth-order valence-corrected chi connectivity index (χ4v) is 2.03. The van der Waals surface area contributed by atoms with Crippen LogP contribution in [-0.2, 0) is 4.74 Å². The maximum atomic E-state index is 5.44. The topological polar surface area (TPSA) is 12.5 Å². The summed E-state index contributed by atoms with van der Waals surface area (Å²) in [5, 5.41) is 0. The zero-order chi connectivity index (χ0) is 8.32. The summed E-state index contributed by atoms with van der Waals surface area (Å²) in [4.78, 5) is 2.46. The van der Waals surface area contributed by atoms with Gasteiger partial charge in [0.1, 0.15) is 0 Å². The SMILES string of the molecule is COC1(C)CCN(CI)CC1. The molecular weight excluding hydrogens is 253 g/mol. The quantitative estimate of drug-likeness (QED) is 0.431. The highest BCUT2D eigenvalue weighted by molar-refractivity contribution is 14.1. The Morgan fingerprint density at radius 1 is 1.45 bits per heavy atom. The Morgan fingerprint density at radius 3 is 2.36 bits per heavy atom. The van der Waals surface area contributed by atoms with Crippen LogP contribution in [0.25, 0.3) is 0 Å². The van der Waals surface area contributed by atoms with E-state index in [-0.39, 0.29) is 5.60 Å². The molecule has 11 heavy (non-hydrogen) atoms. The van der Waals surface area contributed by atoms with Gasteiger partial charge in [0.05, 0.1) is 10.2 Å².